The van der Waals surface area contributed by atoms with Gasteiger partial charge in [0, 0.05) is 24.1 Å². The normalized spacial score (nSPS) is 14.2. The van der Waals surface area contributed by atoms with Crippen LogP contribution in [-0.4, -0.2) is 31.8 Å². The third-order valence-corrected chi connectivity index (χ3v) is 6.82. The minimum atomic E-state index is -0.739. The van der Waals surface area contributed by atoms with E-state index in [1.54, 1.807) is 6.20 Å². The Morgan fingerprint density at radius 1 is 1.00 bits per heavy atom. The molecular weight excluding hydrogens is 464 g/mol. The average Bonchev–Trinajstić information content (AvgIpc) is 3.63. The van der Waals surface area contributed by atoms with Crippen molar-refractivity contribution in [1.29, 1.82) is 0 Å². The zero-order chi connectivity index (χ0) is 25.8. The van der Waals surface area contributed by atoms with E-state index in [0.717, 1.165) is 39.2 Å². The van der Waals surface area contributed by atoms with Crippen LogP contribution in [0.5, 0.6) is 0 Å². The fourth-order valence-electron chi connectivity index (χ4n) is 4.34. The van der Waals surface area contributed by atoms with Gasteiger partial charge in [0.05, 0.1) is 23.0 Å². The Morgan fingerprint density at radius 3 is 2.27 bits per heavy atom. The number of nitrogens with zero attached hydrogens (tertiary/aromatic N) is 4. The highest BCUT2D eigenvalue weighted by Crippen LogP contribution is 2.48. The molecule has 0 atom stereocenters. The number of benzene rings is 3. The van der Waals surface area contributed by atoms with Crippen LogP contribution in [0.4, 0.5) is 0 Å². The molecule has 0 bridgehead atoms. The molecule has 7 nitrogen and oxygen atoms in total. The van der Waals surface area contributed by atoms with Crippen molar-refractivity contribution in [3.8, 4) is 22.4 Å². The number of aliphatic carboxylic acids is 1. The van der Waals surface area contributed by atoms with E-state index in [4.69, 9.17) is 4.84 Å². The van der Waals surface area contributed by atoms with Gasteiger partial charge in [-0.1, -0.05) is 95.8 Å². The number of oxime groups is 1. The molecule has 5 rings (SSSR count). The molecule has 0 radical (unpaired) electrons. The van der Waals surface area contributed by atoms with Gasteiger partial charge < -0.3 is 9.94 Å². The average molecular weight is 493 g/mol. The monoisotopic (exact) mass is 492 g/mol. The second-order valence-corrected chi connectivity index (χ2v) is 9.34. The minimum Gasteiger partial charge on any atom is -0.481 e. The van der Waals surface area contributed by atoms with E-state index >= 15 is 0 Å². The first-order valence-electron chi connectivity index (χ1n) is 12.2. The van der Waals surface area contributed by atoms with Gasteiger partial charge in [0.15, 0.2) is 5.76 Å². The van der Waals surface area contributed by atoms with Crippen LogP contribution in [0.25, 0.3) is 28.1 Å². The summed E-state index contributed by atoms with van der Waals surface area (Å²) in [5, 5.41) is 22.0. The highest BCUT2D eigenvalue weighted by molar-refractivity contribution is 5.85. The van der Waals surface area contributed by atoms with Crippen molar-refractivity contribution >= 4 is 17.4 Å². The first-order valence-corrected chi connectivity index (χ1v) is 12.2. The van der Waals surface area contributed by atoms with Gasteiger partial charge >= 0.3 is 5.97 Å². The van der Waals surface area contributed by atoms with Gasteiger partial charge in [-0.2, -0.15) is 0 Å². The third-order valence-electron chi connectivity index (χ3n) is 6.82. The Kier molecular flexibility index (Phi) is 6.68. The minimum absolute atomic E-state index is 0.462. The number of carboxylic acid groups (broad SMARTS) is 1. The largest absolute Gasteiger partial charge is 0.481 e. The topological polar surface area (TPSA) is 89.6 Å². The summed E-state index contributed by atoms with van der Waals surface area (Å²) in [6, 6.07) is 25.7. The molecule has 186 valence electrons. The van der Waals surface area contributed by atoms with Crippen LogP contribution in [0.3, 0.4) is 0 Å². The van der Waals surface area contributed by atoms with E-state index in [-0.39, 0.29) is 0 Å². The van der Waals surface area contributed by atoms with Crippen molar-refractivity contribution in [2.24, 2.45) is 5.16 Å². The molecule has 1 aliphatic carbocycles. The second-order valence-electron chi connectivity index (χ2n) is 9.34. The van der Waals surface area contributed by atoms with E-state index in [1.165, 1.54) is 0 Å². The number of carboxylic acids is 1. The van der Waals surface area contributed by atoms with Gasteiger partial charge in [0.2, 0.25) is 0 Å². The van der Waals surface area contributed by atoms with Crippen LogP contribution in [-0.2, 0) is 21.6 Å². The molecule has 0 unspecified atom stereocenters. The van der Waals surface area contributed by atoms with Crippen molar-refractivity contribution < 1.29 is 14.7 Å². The van der Waals surface area contributed by atoms with Crippen molar-refractivity contribution in [2.75, 3.05) is 0 Å². The lowest BCUT2D eigenvalue weighted by Gasteiger charge is -2.11. The Balaban J connectivity index is 1.17. The zero-order valence-corrected chi connectivity index (χ0v) is 20.7. The highest BCUT2D eigenvalue weighted by atomic mass is 16.6. The molecule has 1 saturated carbocycles. The van der Waals surface area contributed by atoms with E-state index in [1.807, 2.05) is 90.5 Å². The van der Waals surface area contributed by atoms with Crippen molar-refractivity contribution in [3.05, 3.63) is 103 Å². The zero-order valence-electron chi connectivity index (χ0n) is 20.7. The molecule has 1 N–H and O–H groups in total. The molecule has 0 spiro atoms. The first-order chi connectivity index (χ1) is 18.0. The molecular formula is C30H28N4O3. The van der Waals surface area contributed by atoms with Crippen LogP contribution in [0, 0.1) is 0 Å². The van der Waals surface area contributed by atoms with E-state index in [9.17, 15) is 9.90 Å². The molecule has 1 aliphatic rings. The van der Waals surface area contributed by atoms with Crippen LogP contribution in [0.2, 0.25) is 0 Å². The van der Waals surface area contributed by atoms with Gasteiger partial charge in [0.25, 0.3) is 0 Å². The Morgan fingerprint density at radius 2 is 1.65 bits per heavy atom. The van der Waals surface area contributed by atoms with Crippen LogP contribution < -0.4 is 0 Å². The van der Waals surface area contributed by atoms with Gasteiger partial charge in [-0.3, -0.25) is 4.79 Å². The first kappa shape index (κ1) is 24.2. The smallest absolute Gasteiger partial charge is 0.314 e. The number of carbonyl (C=O) groups is 1. The van der Waals surface area contributed by atoms with E-state index in [0.29, 0.717) is 31.6 Å². The summed E-state index contributed by atoms with van der Waals surface area (Å²) in [4.78, 5) is 17.2. The predicted molar refractivity (Wildman–Crippen MR) is 144 cm³/mol. The summed E-state index contributed by atoms with van der Waals surface area (Å²) in [5.41, 5.74) is 5.93. The van der Waals surface area contributed by atoms with Crippen LogP contribution in [0.1, 0.15) is 37.3 Å². The summed E-state index contributed by atoms with van der Waals surface area (Å²) in [5.74, 6) is -0.277. The van der Waals surface area contributed by atoms with Crippen LogP contribution >= 0.6 is 0 Å². The standard InChI is InChI=1S/C30H28N4O3/c1-21(16-19-34-28(20-31-33-34)26-6-4-3-5-7-26)32-37-22(2)23-8-10-24(11-9-23)25-12-14-27(15-13-25)30(17-18-30)29(35)36/h3-15,20H,2,16-19H2,1H3,(H,35,36)/b32-21-. The lowest BCUT2D eigenvalue weighted by molar-refractivity contribution is -0.140. The lowest BCUT2D eigenvalue weighted by atomic mass is 9.93. The molecule has 0 saturated heterocycles. The maximum absolute atomic E-state index is 11.6. The number of rotatable bonds is 10. The quantitative estimate of drug-likeness (QED) is 0.162. The summed E-state index contributed by atoms with van der Waals surface area (Å²) >= 11 is 0. The number of aromatic nitrogens is 3. The predicted octanol–water partition coefficient (Wildman–Crippen LogP) is 6.18. The molecule has 7 heteroatoms. The van der Waals surface area contributed by atoms with Crippen molar-refractivity contribution in [1.82, 2.24) is 15.0 Å². The van der Waals surface area contributed by atoms with Crippen molar-refractivity contribution in [3.63, 3.8) is 0 Å². The summed E-state index contributed by atoms with van der Waals surface area (Å²) < 4.78 is 1.86. The van der Waals surface area contributed by atoms with Gasteiger partial charge in [-0.25, -0.2) is 4.68 Å². The van der Waals surface area contributed by atoms with Crippen molar-refractivity contribution in [2.45, 2.75) is 38.1 Å². The van der Waals surface area contributed by atoms with Gasteiger partial charge in [0.1, 0.15) is 0 Å². The highest BCUT2D eigenvalue weighted by Gasteiger charge is 2.51. The summed E-state index contributed by atoms with van der Waals surface area (Å²) in [6.07, 6.45) is 3.83. The third kappa shape index (κ3) is 5.21. The maximum atomic E-state index is 11.6. The van der Waals surface area contributed by atoms with Crippen LogP contribution in [0.15, 0.2) is 96.8 Å². The molecule has 3 aromatic carbocycles. The maximum Gasteiger partial charge on any atom is 0.314 e. The SMILES string of the molecule is C=C(O/N=C(/C)CCn1nncc1-c1ccccc1)c1ccc(-c2ccc(C3(C(=O)O)CC3)cc2)cc1. The molecule has 1 aromatic heterocycles. The fraction of sp³-hybridized carbons (Fsp3) is 0.200. The Hall–Kier alpha value is -4.52. The fourth-order valence-corrected chi connectivity index (χ4v) is 4.34. The number of hydrogen-bond donors (Lipinski definition) is 1. The molecule has 1 heterocycles. The molecule has 37 heavy (non-hydrogen) atoms. The van der Waals surface area contributed by atoms with Gasteiger partial charge in [-0.05, 0) is 36.5 Å². The Bertz CT molecular complexity index is 1430. The summed E-state index contributed by atoms with van der Waals surface area (Å²) in [6.45, 7) is 6.56. The van der Waals surface area contributed by atoms with E-state index in [2.05, 4.69) is 22.0 Å². The summed E-state index contributed by atoms with van der Waals surface area (Å²) in [7, 11) is 0. The molecule has 0 aliphatic heterocycles. The number of aryl methyl sites for hydroxylation is 1. The molecule has 0 amide bonds. The molecule has 1 fully saturated rings. The Labute approximate surface area is 215 Å². The second kappa shape index (κ2) is 10.2. The number of hydrogen-bond acceptors (Lipinski definition) is 5. The van der Waals surface area contributed by atoms with E-state index < -0.39 is 11.4 Å². The lowest BCUT2D eigenvalue weighted by Crippen LogP contribution is -2.19. The van der Waals surface area contributed by atoms with Gasteiger partial charge in [-0.15, -0.1) is 5.10 Å². The molecule has 4 aromatic rings.